The monoisotopic (exact) mass is 246 g/mol. The smallest absolute Gasteiger partial charge is 0.326 e. The van der Waals surface area contributed by atoms with Gasteiger partial charge in [0.2, 0.25) is 0 Å². The van der Waals surface area contributed by atoms with Crippen LogP contribution in [0.5, 0.6) is 0 Å². The molecule has 0 rings (SSSR count). The van der Waals surface area contributed by atoms with Crippen LogP contribution >= 0.6 is 0 Å². The van der Waals surface area contributed by atoms with Gasteiger partial charge < -0.3 is 20.1 Å². The van der Waals surface area contributed by atoms with Crippen LogP contribution in [0.2, 0.25) is 0 Å². The molecule has 0 aromatic carbocycles. The summed E-state index contributed by atoms with van der Waals surface area (Å²) in [5, 5.41) is 11.2. The molecular weight excluding hydrogens is 228 g/mol. The Morgan fingerprint density at radius 3 is 2.35 bits per heavy atom. The number of carbonyl (C=O) groups is 3. The van der Waals surface area contributed by atoms with Gasteiger partial charge in [-0.3, -0.25) is 4.79 Å². The molecule has 98 valence electrons. The van der Waals surface area contributed by atoms with Crippen LogP contribution < -0.4 is 5.32 Å². The Bertz CT molecular complexity index is 290. The SMILES string of the molecule is CCOC(=O)CC[C@H](NC(=O)N(C)C)C(=O)O. The summed E-state index contributed by atoms with van der Waals surface area (Å²) in [6, 6.07) is -1.60. The van der Waals surface area contributed by atoms with Gasteiger partial charge in [-0.2, -0.15) is 0 Å². The number of ether oxygens (including phenoxy) is 1. The lowest BCUT2D eigenvalue weighted by Crippen LogP contribution is -2.45. The lowest BCUT2D eigenvalue weighted by atomic mass is 10.1. The van der Waals surface area contributed by atoms with Crippen molar-refractivity contribution in [2.45, 2.75) is 25.8 Å². The molecule has 0 fully saturated rings. The highest BCUT2D eigenvalue weighted by Crippen LogP contribution is 2.00. The maximum absolute atomic E-state index is 11.3. The van der Waals surface area contributed by atoms with Gasteiger partial charge in [0, 0.05) is 20.5 Å². The van der Waals surface area contributed by atoms with E-state index < -0.39 is 24.0 Å². The Balaban J connectivity index is 4.21. The normalized spacial score (nSPS) is 11.5. The number of carboxylic acid groups (broad SMARTS) is 1. The van der Waals surface area contributed by atoms with Crippen molar-refractivity contribution < 1.29 is 24.2 Å². The van der Waals surface area contributed by atoms with Crippen molar-refractivity contribution in [3.63, 3.8) is 0 Å². The molecule has 0 aliphatic carbocycles. The zero-order chi connectivity index (χ0) is 13.4. The second-order valence-corrected chi connectivity index (χ2v) is 3.58. The number of urea groups is 1. The third-order valence-electron chi connectivity index (χ3n) is 1.94. The highest BCUT2D eigenvalue weighted by atomic mass is 16.5. The maximum atomic E-state index is 11.3. The number of hydrogen-bond acceptors (Lipinski definition) is 4. The number of nitrogens with zero attached hydrogens (tertiary/aromatic N) is 1. The van der Waals surface area contributed by atoms with Crippen LogP contribution in [0, 0.1) is 0 Å². The number of rotatable bonds is 6. The van der Waals surface area contributed by atoms with E-state index in [0.717, 1.165) is 0 Å². The van der Waals surface area contributed by atoms with Crippen molar-refractivity contribution in [1.29, 1.82) is 0 Å². The first-order valence-corrected chi connectivity index (χ1v) is 5.24. The fourth-order valence-electron chi connectivity index (χ4n) is 1.03. The van der Waals surface area contributed by atoms with Gasteiger partial charge in [0.05, 0.1) is 6.61 Å². The molecule has 7 nitrogen and oxygen atoms in total. The Labute approximate surface area is 99.7 Å². The molecule has 0 aromatic heterocycles. The number of nitrogens with one attached hydrogen (secondary N) is 1. The first kappa shape index (κ1) is 15.2. The minimum Gasteiger partial charge on any atom is -0.480 e. The number of aliphatic carboxylic acids is 1. The summed E-state index contributed by atoms with van der Waals surface area (Å²) in [5.41, 5.74) is 0. The van der Waals surface area contributed by atoms with Crippen LogP contribution in [0.1, 0.15) is 19.8 Å². The van der Waals surface area contributed by atoms with E-state index in [1.807, 2.05) is 0 Å². The van der Waals surface area contributed by atoms with E-state index in [1.165, 1.54) is 19.0 Å². The molecule has 17 heavy (non-hydrogen) atoms. The van der Waals surface area contributed by atoms with Gasteiger partial charge in [-0.05, 0) is 13.3 Å². The molecule has 1 atom stereocenters. The van der Waals surface area contributed by atoms with Gasteiger partial charge >= 0.3 is 18.0 Å². The van der Waals surface area contributed by atoms with Gasteiger partial charge in [0.1, 0.15) is 6.04 Å². The molecule has 0 aliphatic heterocycles. The summed E-state index contributed by atoms with van der Waals surface area (Å²) in [5.74, 6) is -1.65. The number of carbonyl (C=O) groups excluding carboxylic acids is 2. The predicted molar refractivity (Wildman–Crippen MR) is 59.5 cm³/mol. The van der Waals surface area contributed by atoms with Crippen molar-refractivity contribution in [3.8, 4) is 0 Å². The molecule has 0 aliphatic rings. The van der Waals surface area contributed by atoms with Crippen molar-refractivity contribution in [1.82, 2.24) is 10.2 Å². The molecule has 0 radical (unpaired) electrons. The van der Waals surface area contributed by atoms with Crippen LogP contribution in [0.3, 0.4) is 0 Å². The minimum absolute atomic E-state index is 0.00769. The minimum atomic E-state index is -1.18. The molecule has 0 aromatic rings. The molecule has 0 spiro atoms. The van der Waals surface area contributed by atoms with Gasteiger partial charge in [-0.25, -0.2) is 9.59 Å². The van der Waals surface area contributed by atoms with E-state index in [0.29, 0.717) is 0 Å². The van der Waals surface area contributed by atoms with Crippen molar-refractivity contribution in [2.24, 2.45) is 0 Å². The Morgan fingerprint density at radius 2 is 1.94 bits per heavy atom. The predicted octanol–water partition coefficient (Wildman–Crippen LogP) is 0.0541. The van der Waals surface area contributed by atoms with Crippen LogP contribution in [-0.2, 0) is 14.3 Å². The Hall–Kier alpha value is -1.79. The standard InChI is InChI=1S/C10H18N2O5/c1-4-17-8(13)6-5-7(9(14)15)11-10(16)12(2)3/h7H,4-6H2,1-3H3,(H,11,16)(H,14,15)/t7-/m0/s1. The van der Waals surface area contributed by atoms with E-state index in [9.17, 15) is 14.4 Å². The third-order valence-corrected chi connectivity index (χ3v) is 1.94. The maximum Gasteiger partial charge on any atom is 0.326 e. The fourth-order valence-corrected chi connectivity index (χ4v) is 1.03. The van der Waals surface area contributed by atoms with Crippen molar-refractivity contribution in [3.05, 3.63) is 0 Å². The lowest BCUT2D eigenvalue weighted by molar-refractivity contribution is -0.144. The van der Waals surface area contributed by atoms with E-state index in [1.54, 1.807) is 6.92 Å². The summed E-state index contributed by atoms with van der Waals surface area (Å²) in [7, 11) is 3.00. The van der Waals surface area contributed by atoms with Crippen LogP contribution in [0.4, 0.5) is 4.79 Å². The van der Waals surface area contributed by atoms with E-state index in [-0.39, 0.29) is 19.4 Å². The summed E-state index contributed by atoms with van der Waals surface area (Å²) >= 11 is 0. The Morgan fingerprint density at radius 1 is 1.35 bits per heavy atom. The summed E-state index contributed by atoms with van der Waals surface area (Å²) in [4.78, 5) is 34.4. The molecular formula is C10H18N2O5. The second kappa shape index (κ2) is 7.48. The van der Waals surface area contributed by atoms with Crippen LogP contribution in [-0.4, -0.2) is 54.7 Å². The molecule has 0 saturated heterocycles. The zero-order valence-electron chi connectivity index (χ0n) is 10.2. The summed E-state index contributed by atoms with van der Waals surface area (Å²) in [6.07, 6.45) is -0.0355. The topological polar surface area (TPSA) is 95.9 Å². The van der Waals surface area contributed by atoms with E-state index in [4.69, 9.17) is 5.11 Å². The zero-order valence-corrected chi connectivity index (χ0v) is 10.2. The van der Waals surface area contributed by atoms with E-state index in [2.05, 4.69) is 10.1 Å². The third kappa shape index (κ3) is 6.39. The molecule has 7 heteroatoms. The van der Waals surface area contributed by atoms with Crippen LogP contribution in [0.15, 0.2) is 0 Å². The molecule has 0 unspecified atom stereocenters. The quantitative estimate of drug-likeness (QED) is 0.646. The number of amides is 2. The van der Waals surface area contributed by atoms with Gasteiger partial charge in [0.25, 0.3) is 0 Å². The lowest BCUT2D eigenvalue weighted by Gasteiger charge is -2.17. The molecule has 0 heterocycles. The summed E-state index contributed by atoms with van der Waals surface area (Å²) < 4.78 is 4.67. The molecule has 2 amide bonds. The van der Waals surface area contributed by atoms with E-state index >= 15 is 0 Å². The number of esters is 1. The van der Waals surface area contributed by atoms with Gasteiger partial charge in [0.15, 0.2) is 0 Å². The highest BCUT2D eigenvalue weighted by molar-refractivity contribution is 5.82. The van der Waals surface area contributed by atoms with Crippen molar-refractivity contribution in [2.75, 3.05) is 20.7 Å². The second-order valence-electron chi connectivity index (χ2n) is 3.58. The largest absolute Gasteiger partial charge is 0.480 e. The molecule has 0 saturated carbocycles. The average molecular weight is 246 g/mol. The molecule has 2 N–H and O–H groups in total. The number of hydrogen-bond donors (Lipinski definition) is 2. The summed E-state index contributed by atoms with van der Waals surface area (Å²) in [6.45, 7) is 1.92. The van der Waals surface area contributed by atoms with Gasteiger partial charge in [-0.15, -0.1) is 0 Å². The van der Waals surface area contributed by atoms with Crippen molar-refractivity contribution >= 4 is 18.0 Å². The Kier molecular flexibility index (Phi) is 6.69. The first-order chi connectivity index (χ1) is 7.88. The fraction of sp³-hybridized carbons (Fsp3) is 0.700. The van der Waals surface area contributed by atoms with Gasteiger partial charge in [-0.1, -0.05) is 0 Å². The number of carboxylic acids is 1. The average Bonchev–Trinajstić information content (AvgIpc) is 2.23. The first-order valence-electron chi connectivity index (χ1n) is 5.24. The highest BCUT2D eigenvalue weighted by Gasteiger charge is 2.21. The van der Waals surface area contributed by atoms with Crippen LogP contribution in [0.25, 0.3) is 0 Å². The molecule has 0 bridgehead atoms.